The van der Waals surface area contributed by atoms with E-state index in [1.165, 1.54) is 19.1 Å². The van der Waals surface area contributed by atoms with Crippen molar-refractivity contribution in [3.8, 4) is 0 Å². The van der Waals surface area contributed by atoms with E-state index in [1.54, 1.807) is 19.1 Å². The Morgan fingerprint density at radius 3 is 2.41 bits per heavy atom. The lowest BCUT2D eigenvalue weighted by molar-refractivity contribution is -0.137. The molecule has 1 aliphatic rings. The van der Waals surface area contributed by atoms with Crippen molar-refractivity contribution < 1.29 is 27.5 Å². The van der Waals surface area contributed by atoms with Crippen molar-refractivity contribution in [2.75, 3.05) is 13.7 Å². The first kappa shape index (κ1) is 16.0. The Hall–Kier alpha value is -2.35. The predicted molar refractivity (Wildman–Crippen MR) is 76.7 cm³/mol. The second-order valence-electron chi connectivity index (χ2n) is 4.43. The van der Waals surface area contributed by atoms with Crippen molar-refractivity contribution in [1.82, 2.24) is 4.31 Å². The Kier molecular flexibility index (Phi) is 4.23. The largest absolute Gasteiger partial charge is 0.464 e. The number of benzene rings is 1. The van der Waals surface area contributed by atoms with E-state index in [-0.39, 0.29) is 28.5 Å². The van der Waals surface area contributed by atoms with Crippen LogP contribution in [0.5, 0.6) is 0 Å². The van der Waals surface area contributed by atoms with Crippen LogP contribution in [0.2, 0.25) is 0 Å². The number of hydrogen-bond acceptors (Lipinski definition) is 6. The number of carbonyl (C=O) groups excluding carboxylic acids is 2. The molecule has 0 radical (unpaired) electrons. The molecule has 0 spiro atoms. The minimum Gasteiger partial charge on any atom is -0.464 e. The summed E-state index contributed by atoms with van der Waals surface area (Å²) in [6.07, 6.45) is 0. The maximum Gasteiger partial charge on any atom is 0.359 e. The maximum absolute atomic E-state index is 12.6. The summed E-state index contributed by atoms with van der Waals surface area (Å²) in [6, 6.07) is 6.01. The molecule has 0 amide bonds. The number of hydrogen-bond donors (Lipinski definition) is 0. The first-order chi connectivity index (χ1) is 10.3. The molecule has 0 saturated carbocycles. The van der Waals surface area contributed by atoms with Gasteiger partial charge in [-0.25, -0.2) is 13.2 Å². The molecule has 1 aliphatic heterocycles. The highest BCUT2D eigenvalue weighted by Crippen LogP contribution is 2.37. The molecule has 0 aromatic heterocycles. The van der Waals surface area contributed by atoms with Crippen LogP contribution in [0.4, 0.5) is 0 Å². The van der Waals surface area contributed by atoms with E-state index in [2.05, 4.69) is 4.74 Å². The fourth-order valence-corrected chi connectivity index (χ4v) is 3.89. The summed E-state index contributed by atoms with van der Waals surface area (Å²) >= 11 is 0. The second kappa shape index (κ2) is 5.80. The predicted octanol–water partition coefficient (Wildman–Crippen LogP) is 1.12. The van der Waals surface area contributed by atoms with Crippen LogP contribution < -0.4 is 0 Å². The molecule has 8 heteroatoms. The van der Waals surface area contributed by atoms with E-state index in [0.29, 0.717) is 0 Å². The minimum atomic E-state index is -3.92. The lowest BCUT2D eigenvalue weighted by Crippen LogP contribution is -2.38. The molecule has 118 valence electrons. The van der Waals surface area contributed by atoms with E-state index < -0.39 is 22.0 Å². The van der Waals surface area contributed by atoms with Gasteiger partial charge in [0.1, 0.15) is 0 Å². The molecule has 1 aromatic rings. The summed E-state index contributed by atoms with van der Waals surface area (Å²) in [5.74, 6) is -1.68. The molecule has 0 unspecified atom stereocenters. The standard InChI is InChI=1S/C14H15NO6S/c1-4-15-12(14(17)20-3)13(21-9(2)16)10-7-5-6-8-11(10)22(15,18)19/h5-8H,4H2,1-3H3. The average molecular weight is 325 g/mol. The highest BCUT2D eigenvalue weighted by atomic mass is 32.2. The van der Waals surface area contributed by atoms with Gasteiger partial charge < -0.3 is 9.47 Å². The lowest BCUT2D eigenvalue weighted by atomic mass is 10.1. The topological polar surface area (TPSA) is 90.0 Å². The van der Waals surface area contributed by atoms with Crippen LogP contribution in [0.15, 0.2) is 34.9 Å². The lowest BCUT2D eigenvalue weighted by Gasteiger charge is -2.31. The zero-order valence-electron chi connectivity index (χ0n) is 12.3. The van der Waals surface area contributed by atoms with Gasteiger partial charge in [0.2, 0.25) is 0 Å². The van der Waals surface area contributed by atoms with Crippen molar-refractivity contribution in [1.29, 1.82) is 0 Å². The maximum atomic E-state index is 12.6. The molecule has 22 heavy (non-hydrogen) atoms. The van der Waals surface area contributed by atoms with Gasteiger partial charge in [-0.2, -0.15) is 0 Å². The van der Waals surface area contributed by atoms with Crippen LogP contribution >= 0.6 is 0 Å². The quantitative estimate of drug-likeness (QED) is 0.774. The van der Waals surface area contributed by atoms with E-state index in [1.807, 2.05) is 0 Å². The molecule has 0 saturated heterocycles. The Balaban J connectivity index is 2.86. The monoisotopic (exact) mass is 325 g/mol. The summed E-state index contributed by atoms with van der Waals surface area (Å²) < 4.78 is 35.9. The minimum absolute atomic E-state index is 0.00807. The summed E-state index contributed by atoms with van der Waals surface area (Å²) in [5.41, 5.74) is -0.151. The van der Waals surface area contributed by atoms with E-state index >= 15 is 0 Å². The van der Waals surface area contributed by atoms with Crippen LogP contribution in [-0.2, 0) is 29.1 Å². The van der Waals surface area contributed by atoms with Crippen molar-refractivity contribution in [3.63, 3.8) is 0 Å². The summed E-state index contributed by atoms with van der Waals surface area (Å²) in [4.78, 5) is 23.4. The number of esters is 2. The third-order valence-electron chi connectivity index (χ3n) is 3.08. The summed E-state index contributed by atoms with van der Waals surface area (Å²) in [7, 11) is -2.80. The highest BCUT2D eigenvalue weighted by Gasteiger charge is 2.41. The molecular formula is C14H15NO6S. The Morgan fingerprint density at radius 1 is 1.23 bits per heavy atom. The number of methoxy groups -OCH3 is 1. The first-order valence-electron chi connectivity index (χ1n) is 6.47. The third-order valence-corrected chi connectivity index (χ3v) is 5.01. The summed E-state index contributed by atoms with van der Waals surface area (Å²) in [6.45, 7) is 2.73. The molecular weight excluding hydrogens is 310 g/mol. The molecule has 7 nitrogen and oxygen atoms in total. The second-order valence-corrected chi connectivity index (χ2v) is 6.26. The Morgan fingerprint density at radius 2 is 1.86 bits per heavy atom. The molecule has 0 bridgehead atoms. The Bertz CT molecular complexity index is 765. The number of fused-ring (bicyclic) bond motifs is 1. The van der Waals surface area contributed by atoms with Gasteiger partial charge in [-0.1, -0.05) is 12.1 Å². The SMILES string of the molecule is CCN1C(C(=O)OC)=C(OC(C)=O)c2ccccc2S1(=O)=O. The molecule has 1 aromatic carbocycles. The first-order valence-corrected chi connectivity index (χ1v) is 7.91. The van der Waals surface area contributed by atoms with Gasteiger partial charge >= 0.3 is 11.9 Å². The number of rotatable bonds is 3. The Labute approximate surface area is 128 Å². The molecule has 0 fully saturated rings. The van der Waals surface area contributed by atoms with E-state index in [0.717, 1.165) is 11.4 Å². The van der Waals surface area contributed by atoms with Crippen molar-refractivity contribution in [2.24, 2.45) is 0 Å². The van der Waals surface area contributed by atoms with Crippen LogP contribution in [0.3, 0.4) is 0 Å². The molecule has 0 aliphatic carbocycles. The van der Waals surface area contributed by atoms with Gasteiger partial charge in [0.05, 0.1) is 12.0 Å². The van der Waals surface area contributed by atoms with Crippen molar-refractivity contribution >= 4 is 27.7 Å². The fourth-order valence-electron chi connectivity index (χ4n) is 2.23. The van der Waals surface area contributed by atoms with Crippen molar-refractivity contribution in [2.45, 2.75) is 18.7 Å². The van der Waals surface area contributed by atoms with Crippen LogP contribution in [0.25, 0.3) is 5.76 Å². The number of sulfonamides is 1. The van der Waals surface area contributed by atoms with Crippen LogP contribution in [0.1, 0.15) is 19.4 Å². The van der Waals surface area contributed by atoms with Crippen LogP contribution in [-0.4, -0.2) is 38.3 Å². The van der Waals surface area contributed by atoms with Gasteiger partial charge in [0.15, 0.2) is 11.5 Å². The number of carbonyl (C=O) groups is 2. The van der Waals surface area contributed by atoms with Crippen LogP contribution in [0, 0.1) is 0 Å². The zero-order chi connectivity index (χ0) is 16.5. The van der Waals surface area contributed by atoms with Gasteiger partial charge in [0, 0.05) is 19.0 Å². The van der Waals surface area contributed by atoms with E-state index in [4.69, 9.17) is 4.74 Å². The fraction of sp³-hybridized carbons (Fsp3) is 0.286. The number of nitrogens with zero attached hydrogens (tertiary/aromatic N) is 1. The van der Waals surface area contributed by atoms with Gasteiger partial charge in [-0.3, -0.25) is 9.10 Å². The average Bonchev–Trinajstić information content (AvgIpc) is 2.48. The third kappa shape index (κ3) is 2.45. The van der Waals surface area contributed by atoms with Crippen molar-refractivity contribution in [3.05, 3.63) is 35.5 Å². The number of likely N-dealkylation sites (N-methyl/N-ethyl adjacent to an activating group) is 1. The van der Waals surface area contributed by atoms with Gasteiger partial charge in [0.25, 0.3) is 10.0 Å². The molecule has 0 N–H and O–H groups in total. The number of ether oxygens (including phenoxy) is 2. The normalized spacial score (nSPS) is 16.0. The molecule has 0 atom stereocenters. The highest BCUT2D eigenvalue weighted by molar-refractivity contribution is 7.89. The summed E-state index contributed by atoms with van der Waals surface area (Å²) in [5, 5.41) is 0. The zero-order valence-corrected chi connectivity index (χ0v) is 13.1. The van der Waals surface area contributed by atoms with E-state index in [9.17, 15) is 18.0 Å². The van der Waals surface area contributed by atoms with Gasteiger partial charge in [-0.15, -0.1) is 0 Å². The van der Waals surface area contributed by atoms with Gasteiger partial charge in [-0.05, 0) is 19.1 Å². The smallest absolute Gasteiger partial charge is 0.359 e. The molecule has 1 heterocycles. The molecule has 2 rings (SSSR count).